The van der Waals surface area contributed by atoms with Gasteiger partial charge in [-0.2, -0.15) is 4.98 Å². The predicted molar refractivity (Wildman–Crippen MR) is 115 cm³/mol. The highest BCUT2D eigenvalue weighted by atomic mass is 32.2. The molecule has 1 N–H and O–H groups in total. The van der Waals surface area contributed by atoms with Crippen LogP contribution in [0.4, 0.5) is 10.8 Å². The Morgan fingerprint density at radius 3 is 2.68 bits per heavy atom. The average Bonchev–Trinajstić information content (AvgIpc) is 3.15. The molecule has 28 heavy (non-hydrogen) atoms. The van der Waals surface area contributed by atoms with Crippen molar-refractivity contribution in [3.63, 3.8) is 0 Å². The average molecular weight is 416 g/mol. The maximum Gasteiger partial charge on any atom is 0.273 e. The van der Waals surface area contributed by atoms with Crippen molar-refractivity contribution in [3.8, 4) is 0 Å². The molecule has 0 aliphatic carbocycles. The van der Waals surface area contributed by atoms with E-state index in [1.807, 2.05) is 30.3 Å². The van der Waals surface area contributed by atoms with E-state index in [2.05, 4.69) is 20.2 Å². The van der Waals surface area contributed by atoms with Gasteiger partial charge in [-0.15, -0.1) is 0 Å². The highest BCUT2D eigenvalue weighted by molar-refractivity contribution is 7.99. The highest BCUT2D eigenvalue weighted by Gasteiger charge is 2.19. The minimum absolute atomic E-state index is 0.114. The number of amides is 1. The molecule has 1 aromatic carbocycles. The Kier molecular flexibility index (Phi) is 5.63. The Morgan fingerprint density at radius 1 is 1.18 bits per heavy atom. The number of carbonyl (C=O) groups is 1. The number of hydrogen-bond acceptors (Lipinski definition) is 7. The van der Waals surface area contributed by atoms with E-state index in [1.165, 1.54) is 34.1 Å². The summed E-state index contributed by atoms with van der Waals surface area (Å²) >= 11 is 2.65. The number of para-hydroxylation sites is 1. The van der Waals surface area contributed by atoms with Crippen molar-refractivity contribution in [3.05, 3.63) is 40.7 Å². The smallest absolute Gasteiger partial charge is 0.273 e. The van der Waals surface area contributed by atoms with Crippen molar-refractivity contribution in [1.82, 2.24) is 14.5 Å². The van der Waals surface area contributed by atoms with E-state index in [4.69, 9.17) is 0 Å². The first-order valence-electron chi connectivity index (χ1n) is 9.22. The zero-order valence-electron chi connectivity index (χ0n) is 15.6. The van der Waals surface area contributed by atoms with Gasteiger partial charge in [0, 0.05) is 25.8 Å². The second kappa shape index (κ2) is 8.32. The third kappa shape index (κ3) is 4.05. The zero-order chi connectivity index (χ0) is 19.5. The SMILES string of the molecule is Cn1c(SCC(=O)Nc2ccccc2)nc2nc(N3CCCCC3)sc2c1=O. The standard InChI is InChI=1S/C19H21N5O2S2/c1-23-17(26)15-16(22-19(28-15)24-10-6-3-7-11-24)21-18(23)27-12-14(25)20-13-8-4-2-5-9-13/h2,4-5,8-9H,3,6-7,10-12H2,1H3,(H,20,25). The van der Waals surface area contributed by atoms with Crippen LogP contribution in [-0.4, -0.2) is 39.3 Å². The van der Waals surface area contributed by atoms with Crippen LogP contribution in [0.15, 0.2) is 40.3 Å². The van der Waals surface area contributed by atoms with Crippen LogP contribution in [0.3, 0.4) is 0 Å². The lowest BCUT2D eigenvalue weighted by Crippen LogP contribution is -2.29. The summed E-state index contributed by atoms with van der Waals surface area (Å²) in [6.45, 7) is 1.95. The molecule has 3 heterocycles. The topological polar surface area (TPSA) is 80.1 Å². The number of nitrogens with zero attached hydrogens (tertiary/aromatic N) is 4. The Morgan fingerprint density at radius 2 is 1.93 bits per heavy atom. The minimum Gasteiger partial charge on any atom is -0.348 e. The summed E-state index contributed by atoms with van der Waals surface area (Å²) in [4.78, 5) is 36.3. The summed E-state index contributed by atoms with van der Waals surface area (Å²) in [7, 11) is 1.69. The van der Waals surface area contributed by atoms with Crippen LogP contribution in [0.2, 0.25) is 0 Å². The van der Waals surface area contributed by atoms with Crippen molar-refractivity contribution in [1.29, 1.82) is 0 Å². The molecule has 1 aliphatic rings. The summed E-state index contributed by atoms with van der Waals surface area (Å²) in [5, 5.41) is 4.20. The predicted octanol–water partition coefficient (Wildman–Crippen LogP) is 3.11. The lowest BCUT2D eigenvalue weighted by Gasteiger charge is -2.25. The number of benzene rings is 1. The van der Waals surface area contributed by atoms with Crippen LogP contribution in [0.5, 0.6) is 0 Å². The van der Waals surface area contributed by atoms with Crippen LogP contribution < -0.4 is 15.8 Å². The first kappa shape index (κ1) is 18.9. The van der Waals surface area contributed by atoms with Crippen LogP contribution in [0.25, 0.3) is 10.3 Å². The van der Waals surface area contributed by atoms with Gasteiger partial charge in [-0.1, -0.05) is 41.3 Å². The summed E-state index contributed by atoms with van der Waals surface area (Å²) in [5.74, 6) is 0.0295. The van der Waals surface area contributed by atoms with Crippen LogP contribution >= 0.6 is 23.1 Å². The summed E-state index contributed by atoms with van der Waals surface area (Å²) < 4.78 is 2.07. The fourth-order valence-corrected chi connectivity index (χ4v) is 4.91. The number of thioether (sulfide) groups is 1. The molecule has 0 bridgehead atoms. The van der Waals surface area contributed by atoms with E-state index < -0.39 is 0 Å². The van der Waals surface area contributed by atoms with Gasteiger partial charge in [0.15, 0.2) is 15.9 Å². The number of thiazole rings is 1. The van der Waals surface area contributed by atoms with Gasteiger partial charge in [0.05, 0.1) is 5.75 Å². The molecule has 1 aliphatic heterocycles. The van der Waals surface area contributed by atoms with Gasteiger partial charge in [-0.3, -0.25) is 14.2 Å². The summed E-state index contributed by atoms with van der Waals surface area (Å²) in [6, 6.07) is 9.29. The van der Waals surface area contributed by atoms with Gasteiger partial charge in [-0.25, -0.2) is 4.98 Å². The molecule has 0 atom stereocenters. The molecule has 0 saturated carbocycles. The molecule has 0 unspecified atom stereocenters. The largest absolute Gasteiger partial charge is 0.348 e. The number of fused-ring (bicyclic) bond motifs is 1. The van der Waals surface area contributed by atoms with E-state index in [0.717, 1.165) is 36.8 Å². The van der Waals surface area contributed by atoms with Crippen LogP contribution in [0.1, 0.15) is 19.3 Å². The molecule has 3 aromatic rings. The number of piperidine rings is 1. The van der Waals surface area contributed by atoms with Crippen LogP contribution in [0, 0.1) is 0 Å². The monoisotopic (exact) mass is 415 g/mol. The van der Waals surface area contributed by atoms with Crippen molar-refractivity contribution < 1.29 is 4.79 Å². The van der Waals surface area contributed by atoms with Gasteiger partial charge < -0.3 is 10.2 Å². The lowest BCUT2D eigenvalue weighted by atomic mass is 10.1. The Balaban J connectivity index is 1.51. The fourth-order valence-electron chi connectivity index (χ4n) is 3.12. The summed E-state index contributed by atoms with van der Waals surface area (Å²) in [6.07, 6.45) is 3.55. The Labute approximate surface area is 170 Å². The molecule has 0 spiro atoms. The summed E-state index contributed by atoms with van der Waals surface area (Å²) in [5.41, 5.74) is 1.10. The van der Waals surface area contributed by atoms with Gasteiger partial charge in [0.1, 0.15) is 4.70 Å². The second-order valence-corrected chi connectivity index (χ2v) is 8.58. The molecule has 7 nitrogen and oxygen atoms in total. The van der Waals surface area contributed by atoms with Crippen molar-refractivity contribution in [2.45, 2.75) is 24.4 Å². The highest BCUT2D eigenvalue weighted by Crippen LogP contribution is 2.29. The molecular formula is C19H21N5O2S2. The van der Waals surface area contributed by atoms with Crippen molar-refractivity contribution in [2.75, 3.05) is 29.1 Å². The van der Waals surface area contributed by atoms with Gasteiger partial charge in [-0.05, 0) is 31.4 Å². The number of rotatable bonds is 5. The Bertz CT molecular complexity index is 1040. The third-order valence-electron chi connectivity index (χ3n) is 4.60. The third-order valence-corrected chi connectivity index (χ3v) is 6.73. The molecule has 9 heteroatoms. The van der Waals surface area contributed by atoms with E-state index in [9.17, 15) is 9.59 Å². The number of hydrogen-bond donors (Lipinski definition) is 1. The zero-order valence-corrected chi connectivity index (χ0v) is 17.2. The van der Waals surface area contributed by atoms with E-state index in [-0.39, 0.29) is 17.2 Å². The molecule has 2 aromatic heterocycles. The molecular weight excluding hydrogens is 394 g/mol. The molecule has 0 radical (unpaired) electrons. The first-order valence-corrected chi connectivity index (χ1v) is 11.0. The molecule has 4 rings (SSSR count). The quantitative estimate of drug-likeness (QED) is 0.509. The van der Waals surface area contributed by atoms with E-state index >= 15 is 0 Å². The lowest BCUT2D eigenvalue weighted by molar-refractivity contribution is -0.113. The van der Waals surface area contributed by atoms with Gasteiger partial charge in [0.25, 0.3) is 5.56 Å². The second-order valence-electron chi connectivity index (χ2n) is 6.66. The molecule has 1 amide bonds. The first-order chi connectivity index (χ1) is 13.6. The molecule has 1 fully saturated rings. The maximum atomic E-state index is 12.7. The van der Waals surface area contributed by atoms with E-state index in [1.54, 1.807) is 7.05 Å². The molecule has 1 saturated heterocycles. The number of aromatic nitrogens is 3. The van der Waals surface area contributed by atoms with E-state index in [0.29, 0.717) is 15.5 Å². The van der Waals surface area contributed by atoms with Gasteiger partial charge >= 0.3 is 0 Å². The number of carbonyl (C=O) groups excluding carboxylic acids is 1. The molecule has 146 valence electrons. The van der Waals surface area contributed by atoms with Gasteiger partial charge in [0.2, 0.25) is 5.91 Å². The normalized spacial score (nSPS) is 14.4. The fraction of sp³-hybridized carbons (Fsp3) is 0.368. The Hall–Kier alpha value is -2.39. The number of anilines is 2. The number of nitrogens with one attached hydrogen (secondary N) is 1. The minimum atomic E-state index is -0.141. The van der Waals surface area contributed by atoms with Crippen molar-refractivity contribution in [2.24, 2.45) is 7.05 Å². The van der Waals surface area contributed by atoms with Crippen LogP contribution in [-0.2, 0) is 11.8 Å². The maximum absolute atomic E-state index is 12.7. The van der Waals surface area contributed by atoms with Crippen molar-refractivity contribution >= 4 is 50.2 Å².